The van der Waals surface area contributed by atoms with E-state index in [0.29, 0.717) is 17.8 Å². The Kier molecular flexibility index (Phi) is 6.01. The lowest BCUT2D eigenvalue weighted by Crippen LogP contribution is -2.49. The molecule has 1 saturated heterocycles. The number of piperidine rings is 1. The van der Waals surface area contributed by atoms with Gasteiger partial charge in [-0.3, -0.25) is 5.32 Å². The van der Waals surface area contributed by atoms with E-state index in [1.165, 1.54) is 6.42 Å². The molecule has 7 heteroatoms. The third-order valence-corrected chi connectivity index (χ3v) is 4.39. The van der Waals surface area contributed by atoms with Gasteiger partial charge in [-0.05, 0) is 50.8 Å². The normalized spacial score (nSPS) is 17.5. The van der Waals surface area contributed by atoms with Crippen LogP contribution in [0.4, 0.5) is 16.4 Å². The van der Waals surface area contributed by atoms with Crippen LogP contribution in [0.15, 0.2) is 41.4 Å². The Morgan fingerprint density at radius 3 is 2.56 bits per heavy atom. The monoisotopic (exact) mass is 366 g/mol. The van der Waals surface area contributed by atoms with Gasteiger partial charge in [0.1, 0.15) is 0 Å². The van der Waals surface area contributed by atoms with Gasteiger partial charge in [-0.1, -0.05) is 25.1 Å². The lowest BCUT2D eigenvalue weighted by molar-refractivity contribution is 0.247. The van der Waals surface area contributed by atoms with Gasteiger partial charge in [0.2, 0.25) is 5.96 Å². The smallest absolute Gasteiger partial charge is 0.326 e. The van der Waals surface area contributed by atoms with Gasteiger partial charge in [-0.2, -0.15) is 4.99 Å². The Hall–Kier alpha value is -2.96. The fourth-order valence-corrected chi connectivity index (χ4v) is 3.20. The summed E-state index contributed by atoms with van der Waals surface area (Å²) in [5.41, 5.74) is 2.42. The van der Waals surface area contributed by atoms with Crippen LogP contribution in [0.5, 0.6) is 0 Å². The summed E-state index contributed by atoms with van der Waals surface area (Å²) in [6.07, 6.45) is 2.25. The number of carbonyl (C=O) groups excluding carboxylic acids is 1. The summed E-state index contributed by atoms with van der Waals surface area (Å²) >= 11 is 0. The van der Waals surface area contributed by atoms with Crippen molar-refractivity contribution >= 4 is 23.6 Å². The number of carbonyl (C=O) groups is 1. The fraction of sp³-hybridized carbons (Fsp3) is 0.400. The largest absolute Gasteiger partial charge is 0.342 e. The second-order valence-electron chi connectivity index (χ2n) is 7.02. The van der Waals surface area contributed by atoms with E-state index in [1.54, 1.807) is 0 Å². The van der Waals surface area contributed by atoms with E-state index in [0.717, 1.165) is 36.6 Å². The first kappa shape index (κ1) is 18.8. The lowest BCUT2D eigenvalue weighted by Gasteiger charge is -2.33. The van der Waals surface area contributed by atoms with Crippen molar-refractivity contribution in [3.63, 3.8) is 0 Å². The second-order valence-corrected chi connectivity index (χ2v) is 7.02. The van der Waals surface area contributed by atoms with Gasteiger partial charge in [0, 0.05) is 30.2 Å². The number of nitrogens with one attached hydrogen (secondary N) is 2. The number of aromatic nitrogens is 2. The molecule has 2 heterocycles. The number of likely N-dealkylation sites (tertiary alicyclic amines) is 1. The maximum Gasteiger partial charge on any atom is 0.326 e. The predicted octanol–water partition coefficient (Wildman–Crippen LogP) is 3.63. The van der Waals surface area contributed by atoms with Crippen LogP contribution in [0, 0.1) is 19.8 Å². The first-order chi connectivity index (χ1) is 13.0. The highest BCUT2D eigenvalue weighted by molar-refractivity contribution is 6.02. The molecule has 0 saturated carbocycles. The molecule has 0 radical (unpaired) electrons. The molecule has 1 aliphatic rings. The first-order valence-corrected chi connectivity index (χ1v) is 9.28. The second kappa shape index (κ2) is 8.62. The van der Waals surface area contributed by atoms with Crippen LogP contribution in [-0.4, -0.2) is 39.9 Å². The minimum absolute atomic E-state index is 0.331. The van der Waals surface area contributed by atoms with E-state index in [1.807, 2.05) is 50.2 Å². The zero-order chi connectivity index (χ0) is 19.2. The average molecular weight is 366 g/mol. The van der Waals surface area contributed by atoms with E-state index >= 15 is 0 Å². The van der Waals surface area contributed by atoms with Crippen molar-refractivity contribution in [2.75, 3.05) is 18.4 Å². The summed E-state index contributed by atoms with van der Waals surface area (Å²) < 4.78 is 0. The van der Waals surface area contributed by atoms with Crippen LogP contribution in [-0.2, 0) is 0 Å². The number of amides is 2. The number of benzene rings is 1. The van der Waals surface area contributed by atoms with Crippen molar-refractivity contribution in [3.05, 3.63) is 47.8 Å². The molecule has 2 N–H and O–H groups in total. The Morgan fingerprint density at radius 2 is 1.89 bits per heavy atom. The molecule has 0 aliphatic carbocycles. The number of hydrogen-bond acceptors (Lipinski definition) is 4. The van der Waals surface area contributed by atoms with Gasteiger partial charge in [0.05, 0.1) is 0 Å². The van der Waals surface area contributed by atoms with E-state index in [2.05, 4.69) is 37.4 Å². The van der Waals surface area contributed by atoms with Crippen molar-refractivity contribution in [1.29, 1.82) is 0 Å². The van der Waals surface area contributed by atoms with Crippen molar-refractivity contribution < 1.29 is 4.79 Å². The molecule has 0 spiro atoms. The van der Waals surface area contributed by atoms with Crippen molar-refractivity contribution in [2.24, 2.45) is 10.9 Å². The number of guanidine groups is 1. The number of aryl methyl sites for hydroxylation is 2. The quantitative estimate of drug-likeness (QED) is 0.628. The molecule has 1 unspecified atom stereocenters. The average Bonchev–Trinajstić information content (AvgIpc) is 2.61. The highest BCUT2D eigenvalue weighted by Crippen LogP contribution is 2.17. The van der Waals surface area contributed by atoms with Gasteiger partial charge >= 0.3 is 6.03 Å². The van der Waals surface area contributed by atoms with E-state index in [4.69, 9.17) is 0 Å². The SMILES string of the molecule is Cc1cc(C)nc(/N=C(\NC(=O)Nc2ccccc2)N2CCCC(C)C2)n1. The minimum atomic E-state index is -0.331. The van der Waals surface area contributed by atoms with Gasteiger partial charge in [-0.25, -0.2) is 14.8 Å². The fourth-order valence-electron chi connectivity index (χ4n) is 3.20. The number of nitrogens with zero attached hydrogens (tertiary/aromatic N) is 4. The summed E-state index contributed by atoms with van der Waals surface area (Å²) in [7, 11) is 0. The third-order valence-electron chi connectivity index (χ3n) is 4.39. The Bertz CT molecular complexity index is 800. The number of aliphatic imine (C=N–C) groups is 1. The number of rotatable bonds is 2. The number of hydrogen-bond donors (Lipinski definition) is 2. The number of urea groups is 1. The molecule has 1 aliphatic heterocycles. The van der Waals surface area contributed by atoms with Crippen molar-refractivity contribution in [3.8, 4) is 0 Å². The molecule has 0 bridgehead atoms. The molecule has 1 aromatic carbocycles. The van der Waals surface area contributed by atoms with Crippen LogP contribution in [0.1, 0.15) is 31.2 Å². The topological polar surface area (TPSA) is 82.5 Å². The molecule has 27 heavy (non-hydrogen) atoms. The zero-order valence-corrected chi connectivity index (χ0v) is 16.1. The van der Waals surface area contributed by atoms with Crippen LogP contribution in [0.2, 0.25) is 0 Å². The van der Waals surface area contributed by atoms with E-state index in [9.17, 15) is 4.79 Å². The molecule has 1 fully saturated rings. The van der Waals surface area contributed by atoms with Crippen molar-refractivity contribution in [2.45, 2.75) is 33.6 Å². The zero-order valence-electron chi connectivity index (χ0n) is 16.1. The molecule has 142 valence electrons. The third kappa shape index (κ3) is 5.51. The molecule has 3 rings (SSSR count). The van der Waals surface area contributed by atoms with E-state index in [-0.39, 0.29) is 6.03 Å². The standard InChI is InChI=1S/C20H26N6O/c1-14-8-7-11-26(13-14)19(24-18-21-15(2)12-16(3)22-18)25-20(27)23-17-9-5-4-6-10-17/h4-6,9-10,12,14H,7-8,11,13H2,1-3H3,(H2,21,22,23,24,25,27). The number of para-hydroxylation sites is 1. The molecule has 7 nitrogen and oxygen atoms in total. The maximum atomic E-state index is 12.5. The van der Waals surface area contributed by atoms with Gasteiger partial charge in [-0.15, -0.1) is 0 Å². The van der Waals surface area contributed by atoms with Crippen LogP contribution in [0.3, 0.4) is 0 Å². The first-order valence-electron chi connectivity index (χ1n) is 9.28. The Labute approximate surface area is 159 Å². The predicted molar refractivity (Wildman–Crippen MR) is 107 cm³/mol. The Balaban J connectivity index is 1.82. The molecule has 2 amide bonds. The summed E-state index contributed by atoms with van der Waals surface area (Å²) in [5.74, 6) is 1.39. The number of anilines is 1. The van der Waals surface area contributed by atoms with Crippen LogP contribution in [0.25, 0.3) is 0 Å². The molecule has 2 aromatic rings. The minimum Gasteiger partial charge on any atom is -0.342 e. The Morgan fingerprint density at radius 1 is 1.19 bits per heavy atom. The van der Waals surface area contributed by atoms with E-state index < -0.39 is 0 Å². The van der Waals surface area contributed by atoms with Crippen molar-refractivity contribution in [1.82, 2.24) is 20.2 Å². The van der Waals surface area contributed by atoms with Gasteiger partial charge < -0.3 is 10.2 Å². The van der Waals surface area contributed by atoms with Crippen LogP contribution >= 0.6 is 0 Å². The molecular formula is C20H26N6O. The summed E-state index contributed by atoms with van der Waals surface area (Å²) in [6.45, 7) is 7.72. The van der Waals surface area contributed by atoms with Gasteiger partial charge in [0.25, 0.3) is 5.95 Å². The molecular weight excluding hydrogens is 340 g/mol. The highest BCUT2D eigenvalue weighted by atomic mass is 16.2. The highest BCUT2D eigenvalue weighted by Gasteiger charge is 2.21. The lowest BCUT2D eigenvalue weighted by atomic mass is 10.0. The summed E-state index contributed by atoms with van der Waals surface area (Å²) in [6, 6.07) is 10.9. The van der Waals surface area contributed by atoms with Gasteiger partial charge in [0.15, 0.2) is 0 Å². The van der Waals surface area contributed by atoms with Crippen LogP contribution < -0.4 is 10.6 Å². The summed E-state index contributed by atoms with van der Waals surface area (Å²) in [4.78, 5) is 27.9. The maximum absolute atomic E-state index is 12.5. The molecule has 1 aromatic heterocycles. The molecule has 1 atom stereocenters. The summed E-state index contributed by atoms with van der Waals surface area (Å²) in [5, 5.41) is 5.72.